The first-order valence-corrected chi connectivity index (χ1v) is 4.61. The number of guanidine groups is 1. The molecule has 1 aliphatic rings. The van der Waals surface area contributed by atoms with Crippen LogP contribution in [0.15, 0.2) is 29.3 Å². The summed E-state index contributed by atoms with van der Waals surface area (Å²) in [6.07, 6.45) is 0. The maximum atomic E-state index is 9.75. The number of anilines is 1. The molecule has 0 amide bonds. The van der Waals surface area contributed by atoms with Gasteiger partial charge in [0.15, 0.2) is 0 Å². The number of benzene rings is 1. The number of nitrogens with one attached hydrogen (secondary N) is 1. The fraction of sp³-hybridized carbons (Fsp3) is 0.300. The molecular formula is C10H13N3O. The van der Waals surface area contributed by atoms with Crippen LogP contribution in [-0.2, 0) is 0 Å². The van der Waals surface area contributed by atoms with Crippen LogP contribution in [0.1, 0.15) is 5.56 Å². The normalized spacial score (nSPS) is 14.9. The molecule has 4 nitrogen and oxygen atoms in total. The van der Waals surface area contributed by atoms with Crippen molar-refractivity contribution in [3.05, 3.63) is 29.8 Å². The van der Waals surface area contributed by atoms with Crippen LogP contribution in [0.5, 0.6) is 0 Å². The maximum Gasteiger partial charge on any atom is 0.223 e. The predicted molar refractivity (Wildman–Crippen MR) is 55.7 cm³/mol. The van der Waals surface area contributed by atoms with Crippen molar-refractivity contribution in [2.24, 2.45) is 4.99 Å². The Bertz CT molecular complexity index is 345. The molecule has 0 bridgehead atoms. The lowest BCUT2D eigenvalue weighted by Gasteiger charge is -2.16. The third-order valence-electron chi connectivity index (χ3n) is 2.14. The van der Waals surface area contributed by atoms with Gasteiger partial charge in [-0.15, -0.1) is 0 Å². The monoisotopic (exact) mass is 191 g/mol. The number of aryl methyl sites for hydroxylation is 1. The van der Waals surface area contributed by atoms with Crippen molar-refractivity contribution in [3.8, 4) is 0 Å². The van der Waals surface area contributed by atoms with Gasteiger partial charge < -0.3 is 5.32 Å². The van der Waals surface area contributed by atoms with Gasteiger partial charge >= 0.3 is 0 Å². The molecule has 1 aromatic carbocycles. The second-order valence-electron chi connectivity index (χ2n) is 3.28. The van der Waals surface area contributed by atoms with Gasteiger partial charge in [0, 0.05) is 6.54 Å². The van der Waals surface area contributed by atoms with Crippen molar-refractivity contribution < 1.29 is 5.21 Å². The van der Waals surface area contributed by atoms with Gasteiger partial charge in [-0.05, 0) is 19.1 Å². The second kappa shape index (κ2) is 3.67. The van der Waals surface area contributed by atoms with Crippen LogP contribution in [0.2, 0.25) is 0 Å². The highest BCUT2D eigenvalue weighted by Crippen LogP contribution is 2.13. The lowest BCUT2D eigenvalue weighted by molar-refractivity contribution is 0.309. The predicted octanol–water partition coefficient (Wildman–Crippen LogP) is 1.15. The molecule has 1 heterocycles. The van der Waals surface area contributed by atoms with E-state index in [0.717, 1.165) is 23.8 Å². The largest absolute Gasteiger partial charge is 0.352 e. The highest BCUT2D eigenvalue weighted by Gasteiger charge is 2.13. The fourth-order valence-corrected chi connectivity index (χ4v) is 1.34. The Balaban J connectivity index is 2.18. The topological polar surface area (TPSA) is 47.9 Å². The van der Waals surface area contributed by atoms with Crippen LogP contribution in [-0.4, -0.2) is 24.3 Å². The first-order chi connectivity index (χ1) is 6.77. The van der Waals surface area contributed by atoms with Crippen LogP contribution in [0.25, 0.3) is 0 Å². The molecule has 0 fully saturated rings. The van der Waals surface area contributed by atoms with E-state index in [1.54, 1.807) is 0 Å². The van der Waals surface area contributed by atoms with Gasteiger partial charge in [0.2, 0.25) is 5.96 Å². The smallest absolute Gasteiger partial charge is 0.223 e. The third kappa shape index (κ3) is 1.70. The molecule has 1 aliphatic heterocycles. The molecule has 74 valence electrons. The number of rotatable bonds is 1. The number of hydrogen-bond acceptors (Lipinski definition) is 4. The summed E-state index contributed by atoms with van der Waals surface area (Å²) in [6.45, 7) is 3.52. The minimum Gasteiger partial charge on any atom is -0.352 e. The van der Waals surface area contributed by atoms with Gasteiger partial charge in [-0.1, -0.05) is 17.7 Å². The van der Waals surface area contributed by atoms with E-state index in [1.807, 2.05) is 31.2 Å². The Kier molecular flexibility index (Phi) is 2.37. The summed E-state index contributed by atoms with van der Waals surface area (Å²) >= 11 is 0. The Morgan fingerprint density at radius 2 is 2.07 bits per heavy atom. The van der Waals surface area contributed by atoms with Crippen molar-refractivity contribution in [2.75, 3.05) is 18.2 Å². The minimum absolute atomic E-state index is 0.522. The summed E-state index contributed by atoms with van der Waals surface area (Å²) in [5, 5.41) is 13.8. The first-order valence-electron chi connectivity index (χ1n) is 4.61. The number of nitrogens with zero attached hydrogens (tertiary/aromatic N) is 2. The molecule has 0 aliphatic carbocycles. The van der Waals surface area contributed by atoms with E-state index in [4.69, 9.17) is 0 Å². The highest BCUT2D eigenvalue weighted by molar-refractivity contribution is 5.94. The van der Waals surface area contributed by atoms with Gasteiger partial charge in [-0.25, -0.2) is 4.99 Å². The average Bonchev–Trinajstić information content (AvgIpc) is 2.71. The number of hydroxylamine groups is 1. The van der Waals surface area contributed by atoms with Crippen LogP contribution in [0.3, 0.4) is 0 Å². The molecule has 2 rings (SSSR count). The van der Waals surface area contributed by atoms with Gasteiger partial charge in [0.25, 0.3) is 0 Å². The molecule has 0 aromatic heterocycles. The molecule has 1 aromatic rings. The molecular weight excluding hydrogens is 178 g/mol. The SMILES string of the molecule is Cc1ccc(N(O)C2=NCCN2)cc1. The van der Waals surface area contributed by atoms with Gasteiger partial charge in [-0.2, -0.15) is 5.06 Å². The minimum atomic E-state index is 0.522. The van der Waals surface area contributed by atoms with Crippen molar-refractivity contribution >= 4 is 11.6 Å². The molecule has 0 saturated carbocycles. The van der Waals surface area contributed by atoms with Gasteiger partial charge in [0.05, 0.1) is 12.2 Å². The molecule has 0 unspecified atom stereocenters. The van der Waals surface area contributed by atoms with E-state index in [2.05, 4.69) is 10.3 Å². The first kappa shape index (κ1) is 9.02. The molecule has 2 N–H and O–H groups in total. The lowest BCUT2D eigenvalue weighted by Crippen LogP contribution is -2.36. The van der Waals surface area contributed by atoms with Crippen molar-refractivity contribution in [3.63, 3.8) is 0 Å². The molecule has 0 saturated heterocycles. The van der Waals surface area contributed by atoms with E-state index in [-0.39, 0.29) is 0 Å². The molecule has 4 heteroatoms. The van der Waals surface area contributed by atoms with E-state index in [0.29, 0.717) is 5.96 Å². The zero-order valence-corrected chi connectivity index (χ0v) is 8.07. The van der Waals surface area contributed by atoms with Crippen molar-refractivity contribution in [1.29, 1.82) is 0 Å². The third-order valence-corrected chi connectivity index (χ3v) is 2.14. The standard InChI is InChI=1S/C10H13N3O/c1-8-2-4-9(5-3-8)13(14)10-11-6-7-12-10/h2-5,14H,6-7H2,1H3,(H,11,12). The molecule has 0 spiro atoms. The molecule has 14 heavy (non-hydrogen) atoms. The lowest BCUT2D eigenvalue weighted by atomic mass is 10.2. The van der Waals surface area contributed by atoms with Gasteiger partial charge in [-0.3, -0.25) is 5.21 Å². The zero-order chi connectivity index (χ0) is 9.97. The second-order valence-corrected chi connectivity index (χ2v) is 3.28. The number of aliphatic imine (C=N–C) groups is 1. The zero-order valence-electron chi connectivity index (χ0n) is 8.07. The molecule has 0 atom stereocenters. The van der Waals surface area contributed by atoms with Crippen molar-refractivity contribution in [1.82, 2.24) is 5.32 Å². The van der Waals surface area contributed by atoms with Crippen molar-refractivity contribution in [2.45, 2.75) is 6.92 Å². The van der Waals surface area contributed by atoms with E-state index in [1.165, 1.54) is 5.56 Å². The van der Waals surface area contributed by atoms with E-state index < -0.39 is 0 Å². The summed E-state index contributed by atoms with van der Waals surface area (Å²) in [5.74, 6) is 0.522. The molecule has 0 radical (unpaired) electrons. The Morgan fingerprint density at radius 3 is 2.64 bits per heavy atom. The Labute approximate surface area is 82.8 Å². The van der Waals surface area contributed by atoms with Crippen LogP contribution >= 0.6 is 0 Å². The Morgan fingerprint density at radius 1 is 1.36 bits per heavy atom. The number of hydrogen-bond donors (Lipinski definition) is 2. The van der Waals surface area contributed by atoms with Crippen LogP contribution in [0, 0.1) is 6.92 Å². The maximum absolute atomic E-state index is 9.75. The Hall–Kier alpha value is -1.55. The summed E-state index contributed by atoms with van der Waals surface area (Å²) in [5.41, 5.74) is 1.90. The summed E-state index contributed by atoms with van der Waals surface area (Å²) in [4.78, 5) is 4.12. The van der Waals surface area contributed by atoms with E-state index in [9.17, 15) is 5.21 Å². The quantitative estimate of drug-likeness (QED) is 0.655. The van der Waals surface area contributed by atoms with E-state index >= 15 is 0 Å². The van der Waals surface area contributed by atoms with Crippen LogP contribution < -0.4 is 10.4 Å². The highest BCUT2D eigenvalue weighted by atomic mass is 16.5. The summed E-state index contributed by atoms with van der Waals surface area (Å²) in [7, 11) is 0. The van der Waals surface area contributed by atoms with Crippen LogP contribution in [0.4, 0.5) is 5.69 Å². The fourth-order valence-electron chi connectivity index (χ4n) is 1.34. The summed E-state index contributed by atoms with van der Waals surface area (Å²) in [6, 6.07) is 7.62. The summed E-state index contributed by atoms with van der Waals surface area (Å²) < 4.78 is 0. The average molecular weight is 191 g/mol. The van der Waals surface area contributed by atoms with Gasteiger partial charge in [0.1, 0.15) is 0 Å².